The van der Waals surface area contributed by atoms with Crippen LogP contribution in [0.3, 0.4) is 0 Å². The molecule has 0 radical (unpaired) electrons. The number of pyridine rings is 1. The van der Waals surface area contributed by atoms with Crippen LogP contribution in [-0.2, 0) is 6.61 Å². The van der Waals surface area contributed by atoms with Crippen molar-refractivity contribution in [3.05, 3.63) is 96.0 Å². The number of carbonyl (C=O) groups is 1. The summed E-state index contributed by atoms with van der Waals surface area (Å²) in [5.41, 5.74) is 3.39. The summed E-state index contributed by atoms with van der Waals surface area (Å²) in [6.45, 7) is 2.16. The van der Waals surface area contributed by atoms with Gasteiger partial charge in [-0.1, -0.05) is 18.2 Å². The molecular weight excluding hydrogens is 425 g/mol. The standard InChI is InChI=1S/C23H18FN7O2/c1-15-5-4-10-30-12-16(26-22(15)30)13-33-21-7-3-2-6-18(21)23(32)27-20-11-17(8-9-19(20)24)31-14-25-28-29-31/h2-12,14H,13H2,1H3,(H,27,32). The Morgan fingerprint density at radius 1 is 1.15 bits per heavy atom. The van der Waals surface area contributed by atoms with Crippen LogP contribution in [0.15, 0.2) is 73.3 Å². The van der Waals surface area contributed by atoms with Crippen LogP contribution in [0.5, 0.6) is 5.75 Å². The van der Waals surface area contributed by atoms with E-state index in [1.807, 2.05) is 35.9 Å². The molecule has 3 heterocycles. The van der Waals surface area contributed by atoms with Gasteiger partial charge in [0.15, 0.2) is 0 Å². The van der Waals surface area contributed by atoms with Crippen LogP contribution < -0.4 is 10.1 Å². The summed E-state index contributed by atoms with van der Waals surface area (Å²) in [6.07, 6.45) is 5.17. The molecule has 0 fully saturated rings. The van der Waals surface area contributed by atoms with E-state index in [4.69, 9.17) is 4.74 Å². The molecule has 164 valence electrons. The second kappa shape index (κ2) is 8.50. The third-order valence-corrected chi connectivity index (χ3v) is 5.05. The summed E-state index contributed by atoms with van der Waals surface area (Å²) >= 11 is 0. The Kier molecular flexibility index (Phi) is 5.23. The predicted molar refractivity (Wildman–Crippen MR) is 118 cm³/mol. The van der Waals surface area contributed by atoms with E-state index in [1.54, 1.807) is 24.3 Å². The molecule has 0 aliphatic heterocycles. The van der Waals surface area contributed by atoms with E-state index in [2.05, 4.69) is 25.8 Å². The first-order valence-electron chi connectivity index (χ1n) is 10.1. The number of fused-ring (bicyclic) bond motifs is 1. The lowest BCUT2D eigenvalue weighted by Crippen LogP contribution is -2.15. The molecule has 1 N–H and O–H groups in total. The van der Waals surface area contributed by atoms with Crippen molar-refractivity contribution >= 4 is 17.2 Å². The highest BCUT2D eigenvalue weighted by molar-refractivity contribution is 6.06. The molecule has 0 saturated heterocycles. The van der Waals surface area contributed by atoms with Crippen molar-refractivity contribution in [2.24, 2.45) is 0 Å². The molecule has 9 nitrogen and oxygen atoms in total. The molecule has 0 bridgehead atoms. The fourth-order valence-corrected chi connectivity index (χ4v) is 3.43. The number of carbonyl (C=O) groups excluding carboxylic acids is 1. The molecule has 0 spiro atoms. The van der Waals surface area contributed by atoms with Crippen molar-refractivity contribution in [1.82, 2.24) is 29.6 Å². The topological polar surface area (TPSA) is 99.2 Å². The lowest BCUT2D eigenvalue weighted by Gasteiger charge is -2.12. The second-order valence-corrected chi connectivity index (χ2v) is 7.31. The Morgan fingerprint density at radius 3 is 2.85 bits per heavy atom. The summed E-state index contributed by atoms with van der Waals surface area (Å²) in [5.74, 6) is -0.733. The Balaban J connectivity index is 1.35. The van der Waals surface area contributed by atoms with Crippen molar-refractivity contribution < 1.29 is 13.9 Å². The van der Waals surface area contributed by atoms with Crippen molar-refractivity contribution in [2.45, 2.75) is 13.5 Å². The van der Waals surface area contributed by atoms with Gasteiger partial charge in [0.25, 0.3) is 5.91 Å². The van der Waals surface area contributed by atoms with Gasteiger partial charge < -0.3 is 14.5 Å². The third-order valence-electron chi connectivity index (χ3n) is 5.05. The first-order chi connectivity index (χ1) is 16.1. The van der Waals surface area contributed by atoms with Gasteiger partial charge in [0.1, 0.15) is 30.1 Å². The van der Waals surface area contributed by atoms with E-state index in [9.17, 15) is 9.18 Å². The summed E-state index contributed by atoms with van der Waals surface area (Å²) < 4.78 is 23.6. The maximum absolute atomic E-state index is 14.4. The maximum atomic E-state index is 14.4. The summed E-state index contributed by atoms with van der Waals surface area (Å²) in [6, 6.07) is 14.9. The number of hydrogen-bond acceptors (Lipinski definition) is 6. The van der Waals surface area contributed by atoms with E-state index in [0.29, 0.717) is 11.4 Å². The van der Waals surface area contributed by atoms with Crippen molar-refractivity contribution in [3.63, 3.8) is 0 Å². The molecule has 1 amide bonds. The molecule has 0 aliphatic rings. The van der Waals surface area contributed by atoms with Crippen LogP contribution in [0, 0.1) is 12.7 Å². The molecular formula is C23H18FN7O2. The van der Waals surface area contributed by atoms with E-state index in [0.717, 1.165) is 16.9 Å². The minimum atomic E-state index is -0.585. The summed E-state index contributed by atoms with van der Waals surface area (Å²) in [5, 5.41) is 13.5. The highest BCUT2D eigenvalue weighted by atomic mass is 19.1. The van der Waals surface area contributed by atoms with Crippen LogP contribution in [0.25, 0.3) is 11.3 Å². The molecule has 0 saturated carbocycles. The van der Waals surface area contributed by atoms with E-state index < -0.39 is 11.7 Å². The highest BCUT2D eigenvalue weighted by Gasteiger charge is 2.16. The minimum Gasteiger partial charge on any atom is -0.486 e. The second-order valence-electron chi connectivity index (χ2n) is 7.31. The zero-order valence-electron chi connectivity index (χ0n) is 17.5. The molecule has 3 aromatic heterocycles. The number of para-hydroxylation sites is 1. The average molecular weight is 443 g/mol. The van der Waals surface area contributed by atoms with Gasteiger partial charge >= 0.3 is 0 Å². The smallest absolute Gasteiger partial charge is 0.259 e. The number of benzene rings is 2. The number of aryl methyl sites for hydroxylation is 1. The number of imidazole rings is 1. The number of aromatic nitrogens is 6. The van der Waals surface area contributed by atoms with Crippen LogP contribution in [0.1, 0.15) is 21.6 Å². The van der Waals surface area contributed by atoms with Crippen LogP contribution in [-0.4, -0.2) is 35.5 Å². The molecule has 5 rings (SSSR count). The maximum Gasteiger partial charge on any atom is 0.259 e. The predicted octanol–water partition coefficient (Wildman–Crippen LogP) is 3.59. The van der Waals surface area contributed by atoms with Gasteiger partial charge in [-0.2, -0.15) is 0 Å². The number of tetrazole rings is 1. The Bertz CT molecular complexity index is 1450. The van der Waals surface area contributed by atoms with Gasteiger partial charge in [-0.3, -0.25) is 4.79 Å². The quantitative estimate of drug-likeness (QED) is 0.431. The lowest BCUT2D eigenvalue weighted by atomic mass is 10.1. The summed E-state index contributed by atoms with van der Waals surface area (Å²) in [4.78, 5) is 17.5. The Labute approximate surface area is 187 Å². The molecule has 5 aromatic rings. The van der Waals surface area contributed by atoms with Gasteiger partial charge in [-0.15, -0.1) is 5.10 Å². The average Bonchev–Trinajstić information content (AvgIpc) is 3.50. The van der Waals surface area contributed by atoms with Crippen LogP contribution >= 0.6 is 0 Å². The monoisotopic (exact) mass is 443 g/mol. The zero-order valence-corrected chi connectivity index (χ0v) is 17.5. The van der Waals surface area contributed by atoms with E-state index >= 15 is 0 Å². The molecule has 10 heteroatoms. The fourth-order valence-electron chi connectivity index (χ4n) is 3.43. The number of hydrogen-bond donors (Lipinski definition) is 1. The van der Waals surface area contributed by atoms with Crippen molar-refractivity contribution in [1.29, 1.82) is 0 Å². The summed E-state index contributed by atoms with van der Waals surface area (Å²) in [7, 11) is 0. The van der Waals surface area contributed by atoms with Crippen molar-refractivity contribution in [2.75, 3.05) is 5.32 Å². The molecule has 0 unspecified atom stereocenters. The minimum absolute atomic E-state index is 0.00127. The van der Waals surface area contributed by atoms with Gasteiger partial charge in [-0.25, -0.2) is 14.1 Å². The fraction of sp³-hybridized carbons (Fsp3) is 0.0870. The first kappa shape index (κ1) is 20.3. The molecule has 2 aromatic carbocycles. The number of anilines is 1. The number of amides is 1. The largest absolute Gasteiger partial charge is 0.486 e. The number of rotatable bonds is 6. The van der Waals surface area contributed by atoms with E-state index in [1.165, 1.54) is 29.2 Å². The third kappa shape index (κ3) is 4.13. The van der Waals surface area contributed by atoms with Crippen LogP contribution in [0.2, 0.25) is 0 Å². The number of ether oxygens (including phenoxy) is 1. The van der Waals surface area contributed by atoms with Crippen molar-refractivity contribution in [3.8, 4) is 11.4 Å². The Morgan fingerprint density at radius 2 is 2.03 bits per heavy atom. The number of nitrogens with zero attached hydrogens (tertiary/aromatic N) is 6. The van der Waals surface area contributed by atoms with Gasteiger partial charge in [-0.05, 0) is 59.3 Å². The van der Waals surface area contributed by atoms with Gasteiger partial charge in [0.2, 0.25) is 0 Å². The first-order valence-corrected chi connectivity index (χ1v) is 10.1. The molecule has 0 atom stereocenters. The normalized spacial score (nSPS) is 11.0. The Hall–Kier alpha value is -4.60. The number of nitrogens with one attached hydrogen (secondary N) is 1. The van der Waals surface area contributed by atoms with Gasteiger partial charge in [0.05, 0.1) is 22.6 Å². The highest BCUT2D eigenvalue weighted by Crippen LogP contribution is 2.23. The number of halogens is 1. The van der Waals surface area contributed by atoms with Gasteiger partial charge in [0, 0.05) is 12.4 Å². The van der Waals surface area contributed by atoms with E-state index in [-0.39, 0.29) is 17.9 Å². The lowest BCUT2D eigenvalue weighted by molar-refractivity contribution is 0.102. The molecule has 0 aliphatic carbocycles. The zero-order chi connectivity index (χ0) is 22.8. The SMILES string of the molecule is Cc1cccn2cc(COc3ccccc3C(=O)Nc3cc(-n4cnnn4)ccc3F)nc12. The van der Waals surface area contributed by atoms with Crippen LogP contribution in [0.4, 0.5) is 10.1 Å². The molecule has 33 heavy (non-hydrogen) atoms.